The predicted octanol–water partition coefficient (Wildman–Crippen LogP) is 3.52. The van der Waals surface area contributed by atoms with E-state index in [1.54, 1.807) is 29.8 Å². The van der Waals surface area contributed by atoms with E-state index in [-0.39, 0.29) is 17.9 Å². The molecule has 0 radical (unpaired) electrons. The van der Waals surface area contributed by atoms with Gasteiger partial charge in [0.1, 0.15) is 5.82 Å². The van der Waals surface area contributed by atoms with E-state index in [2.05, 4.69) is 20.4 Å². The zero-order valence-electron chi connectivity index (χ0n) is 15.7. The summed E-state index contributed by atoms with van der Waals surface area (Å²) in [5.41, 5.74) is 2.47. The Morgan fingerprint density at radius 1 is 1.32 bits per heavy atom. The molecule has 7 nitrogen and oxygen atoms in total. The number of H-pyrrole nitrogens is 1. The van der Waals surface area contributed by atoms with E-state index >= 15 is 0 Å². The summed E-state index contributed by atoms with van der Waals surface area (Å²) in [6.07, 6.45) is 2.30. The first-order valence-electron chi connectivity index (χ1n) is 8.63. The van der Waals surface area contributed by atoms with Gasteiger partial charge in [-0.2, -0.15) is 5.10 Å². The van der Waals surface area contributed by atoms with Crippen molar-refractivity contribution in [3.8, 4) is 5.69 Å². The third-order valence-electron chi connectivity index (χ3n) is 4.15. The molecule has 0 saturated heterocycles. The average molecular weight is 418 g/mol. The fourth-order valence-electron chi connectivity index (χ4n) is 2.81. The predicted molar refractivity (Wildman–Crippen MR) is 112 cm³/mol. The van der Waals surface area contributed by atoms with Crippen molar-refractivity contribution in [3.63, 3.8) is 0 Å². The number of halogens is 1. The first kappa shape index (κ1) is 20.2. The van der Waals surface area contributed by atoms with Crippen LogP contribution in [0, 0.1) is 13.8 Å². The van der Waals surface area contributed by atoms with Crippen LogP contribution < -0.4 is 10.9 Å². The van der Waals surface area contributed by atoms with E-state index in [1.165, 1.54) is 11.8 Å². The van der Waals surface area contributed by atoms with E-state index in [0.29, 0.717) is 33.7 Å². The van der Waals surface area contributed by atoms with Crippen molar-refractivity contribution in [1.29, 1.82) is 0 Å². The molecule has 3 rings (SSSR count). The van der Waals surface area contributed by atoms with E-state index in [0.717, 1.165) is 11.4 Å². The molecule has 146 valence electrons. The van der Waals surface area contributed by atoms with Crippen LogP contribution in [-0.4, -0.2) is 31.9 Å². The van der Waals surface area contributed by atoms with Gasteiger partial charge in [-0.1, -0.05) is 29.4 Å². The molecule has 0 aliphatic rings. The number of aromatic nitrogens is 4. The first-order chi connectivity index (χ1) is 13.4. The number of benzene rings is 1. The van der Waals surface area contributed by atoms with E-state index < -0.39 is 0 Å². The molecular weight excluding hydrogens is 398 g/mol. The van der Waals surface area contributed by atoms with Crippen molar-refractivity contribution >= 4 is 35.1 Å². The number of rotatable bonds is 6. The van der Waals surface area contributed by atoms with Gasteiger partial charge < -0.3 is 10.3 Å². The van der Waals surface area contributed by atoms with Crippen molar-refractivity contribution in [2.75, 3.05) is 11.6 Å². The Morgan fingerprint density at radius 3 is 2.79 bits per heavy atom. The van der Waals surface area contributed by atoms with Gasteiger partial charge in [-0.15, -0.1) is 0 Å². The molecule has 2 heterocycles. The van der Waals surface area contributed by atoms with Gasteiger partial charge in [-0.3, -0.25) is 9.59 Å². The molecule has 0 spiro atoms. The summed E-state index contributed by atoms with van der Waals surface area (Å²) in [7, 11) is 0. The van der Waals surface area contributed by atoms with Crippen molar-refractivity contribution < 1.29 is 4.79 Å². The second kappa shape index (κ2) is 8.62. The molecule has 2 aromatic heterocycles. The molecule has 0 aliphatic carbocycles. The van der Waals surface area contributed by atoms with Gasteiger partial charge in [-0.25, -0.2) is 9.67 Å². The maximum absolute atomic E-state index is 12.5. The summed E-state index contributed by atoms with van der Waals surface area (Å²) < 4.78 is 1.63. The highest BCUT2D eigenvalue weighted by atomic mass is 35.5. The van der Waals surface area contributed by atoms with E-state index in [1.807, 2.05) is 25.3 Å². The Balaban J connectivity index is 1.74. The highest BCUT2D eigenvalue weighted by molar-refractivity contribution is 7.98. The quantitative estimate of drug-likeness (QED) is 0.473. The number of carbonyl (C=O) groups is 1. The average Bonchev–Trinajstić information content (AvgIpc) is 3.01. The first-order valence-corrected chi connectivity index (χ1v) is 10.2. The summed E-state index contributed by atoms with van der Waals surface area (Å²) in [6.45, 7) is 3.62. The number of aromatic amines is 1. The minimum atomic E-state index is -0.212. The van der Waals surface area contributed by atoms with E-state index in [9.17, 15) is 9.59 Å². The molecule has 0 fully saturated rings. The van der Waals surface area contributed by atoms with Crippen LogP contribution in [0.4, 0.5) is 5.82 Å². The number of anilines is 1. The maximum Gasteiger partial charge on any atom is 0.254 e. The molecule has 1 amide bonds. The minimum absolute atomic E-state index is 0.157. The summed E-state index contributed by atoms with van der Waals surface area (Å²) in [5, 5.41) is 8.43. The van der Waals surface area contributed by atoms with Gasteiger partial charge in [0.15, 0.2) is 5.16 Å². The van der Waals surface area contributed by atoms with Crippen LogP contribution in [0.2, 0.25) is 5.02 Å². The Morgan fingerprint density at radius 2 is 2.11 bits per heavy atom. The number of carbonyl (C=O) groups excluding carboxylic acids is 1. The fraction of sp³-hybridized carbons (Fsp3) is 0.263. The molecule has 0 saturated carbocycles. The lowest BCUT2D eigenvalue weighted by Gasteiger charge is -2.10. The third-order valence-corrected chi connectivity index (χ3v) is 4.96. The Hall–Kier alpha value is -2.58. The van der Waals surface area contributed by atoms with Crippen LogP contribution in [0.25, 0.3) is 5.69 Å². The molecule has 28 heavy (non-hydrogen) atoms. The summed E-state index contributed by atoms with van der Waals surface area (Å²) in [6, 6.07) is 9.00. The van der Waals surface area contributed by atoms with Gasteiger partial charge in [0.05, 0.1) is 11.4 Å². The van der Waals surface area contributed by atoms with Gasteiger partial charge in [0, 0.05) is 28.8 Å². The molecular formula is C19H20ClN5O2S. The molecule has 1 aromatic carbocycles. The van der Waals surface area contributed by atoms with Gasteiger partial charge in [0.25, 0.3) is 5.56 Å². The highest BCUT2D eigenvalue weighted by Crippen LogP contribution is 2.20. The van der Waals surface area contributed by atoms with Gasteiger partial charge in [0.2, 0.25) is 5.91 Å². The lowest BCUT2D eigenvalue weighted by Crippen LogP contribution is -2.21. The third kappa shape index (κ3) is 4.63. The molecule has 3 aromatic rings. The monoisotopic (exact) mass is 417 g/mol. The molecule has 0 aliphatic heterocycles. The lowest BCUT2D eigenvalue weighted by molar-refractivity contribution is -0.116. The van der Waals surface area contributed by atoms with Crippen LogP contribution in [0.15, 0.2) is 40.3 Å². The maximum atomic E-state index is 12.5. The van der Waals surface area contributed by atoms with Crippen molar-refractivity contribution in [2.45, 2.75) is 31.8 Å². The highest BCUT2D eigenvalue weighted by Gasteiger charge is 2.14. The zero-order chi connectivity index (χ0) is 20.3. The largest absolute Gasteiger partial charge is 0.311 e. The second-order valence-electron chi connectivity index (χ2n) is 6.25. The Bertz CT molecular complexity index is 1080. The molecule has 9 heteroatoms. The standard InChI is InChI=1S/C19H20ClN5O2S/c1-11-9-16(25(24-11)14-6-4-5-13(20)10-14)22-17(26)8-7-15-12(2)21-19(28-3)23-18(15)27/h4-6,9-10H,7-8H2,1-3H3,(H,22,26)(H,21,23,27). The summed E-state index contributed by atoms with van der Waals surface area (Å²) in [5.74, 6) is 0.335. The topological polar surface area (TPSA) is 92.7 Å². The fourth-order valence-corrected chi connectivity index (χ4v) is 3.42. The number of nitrogens with zero attached hydrogens (tertiary/aromatic N) is 3. The normalized spacial score (nSPS) is 10.9. The van der Waals surface area contributed by atoms with Crippen LogP contribution in [0.1, 0.15) is 23.4 Å². The molecule has 0 unspecified atom stereocenters. The van der Waals surface area contributed by atoms with Gasteiger partial charge >= 0.3 is 0 Å². The van der Waals surface area contributed by atoms with Crippen LogP contribution in [-0.2, 0) is 11.2 Å². The van der Waals surface area contributed by atoms with Crippen molar-refractivity contribution in [3.05, 3.63) is 62.7 Å². The van der Waals surface area contributed by atoms with E-state index in [4.69, 9.17) is 11.6 Å². The summed E-state index contributed by atoms with van der Waals surface area (Å²) in [4.78, 5) is 31.7. The smallest absolute Gasteiger partial charge is 0.254 e. The zero-order valence-corrected chi connectivity index (χ0v) is 17.3. The van der Waals surface area contributed by atoms with Crippen molar-refractivity contribution in [1.82, 2.24) is 19.7 Å². The van der Waals surface area contributed by atoms with Crippen LogP contribution >= 0.6 is 23.4 Å². The Labute approximate surface area is 171 Å². The van der Waals surface area contributed by atoms with Crippen LogP contribution in [0.3, 0.4) is 0 Å². The number of hydrogen-bond donors (Lipinski definition) is 2. The molecule has 0 atom stereocenters. The van der Waals surface area contributed by atoms with Crippen LogP contribution in [0.5, 0.6) is 0 Å². The molecule has 2 N–H and O–H groups in total. The minimum Gasteiger partial charge on any atom is -0.311 e. The number of aryl methyl sites for hydroxylation is 2. The Kier molecular flexibility index (Phi) is 6.21. The van der Waals surface area contributed by atoms with Gasteiger partial charge in [-0.05, 0) is 44.7 Å². The number of nitrogens with one attached hydrogen (secondary N) is 2. The number of amides is 1. The lowest BCUT2D eigenvalue weighted by atomic mass is 10.1. The van der Waals surface area contributed by atoms with Crippen molar-refractivity contribution in [2.24, 2.45) is 0 Å². The SMILES string of the molecule is CSc1nc(C)c(CCC(=O)Nc2cc(C)nn2-c2cccc(Cl)c2)c(=O)[nH]1. The summed E-state index contributed by atoms with van der Waals surface area (Å²) >= 11 is 7.43. The second-order valence-corrected chi connectivity index (χ2v) is 7.48. The number of thioether (sulfide) groups is 1. The number of hydrogen-bond acceptors (Lipinski definition) is 5. The molecule has 0 bridgehead atoms.